The van der Waals surface area contributed by atoms with Crippen LogP contribution in [0.4, 0.5) is 17.4 Å². The SMILES string of the molecule is Nc1cc(-c2ccc(=O)n(Cc3cccc(-c4noc(N5CCN(CCO)CC5)n4)c3)n2)ccc1N=S. The standard InChI is InChI=1S/C25H26N8O3S/c26-20-15-18(4-5-22(20)30-37)21-6-7-23(35)33(28-21)16-17-2-1-3-19(14-17)24-27-25(36-29-24)32-10-8-31(9-11-32)12-13-34/h1-7,14-15,34H,8-13,16,26H2. The second-order valence-electron chi connectivity index (χ2n) is 8.73. The lowest BCUT2D eigenvalue weighted by Gasteiger charge is -2.32. The molecule has 0 bridgehead atoms. The van der Waals surface area contributed by atoms with Crippen LogP contribution in [0.25, 0.3) is 22.6 Å². The number of hydrogen-bond donors (Lipinski definition) is 2. The number of nitrogens with zero attached hydrogens (tertiary/aromatic N) is 7. The van der Waals surface area contributed by atoms with Crippen molar-refractivity contribution in [3.8, 4) is 22.6 Å². The third-order valence-corrected chi connectivity index (χ3v) is 6.48. The normalized spacial score (nSPS) is 14.1. The van der Waals surface area contributed by atoms with Crippen LogP contribution in [0.1, 0.15) is 5.56 Å². The second-order valence-corrected chi connectivity index (χ2v) is 8.92. The smallest absolute Gasteiger partial charge is 0.324 e. The highest BCUT2D eigenvalue weighted by Crippen LogP contribution is 2.27. The van der Waals surface area contributed by atoms with Crippen LogP contribution in [-0.4, -0.2) is 69.3 Å². The van der Waals surface area contributed by atoms with Crippen molar-refractivity contribution < 1.29 is 9.63 Å². The highest BCUT2D eigenvalue weighted by Gasteiger charge is 2.21. The summed E-state index contributed by atoms with van der Waals surface area (Å²) in [5, 5.41) is 17.8. The van der Waals surface area contributed by atoms with Crippen molar-refractivity contribution in [3.05, 3.63) is 70.5 Å². The van der Waals surface area contributed by atoms with Gasteiger partial charge in [0.05, 0.1) is 30.2 Å². The van der Waals surface area contributed by atoms with Gasteiger partial charge in [-0.1, -0.05) is 29.4 Å². The molecule has 0 saturated carbocycles. The van der Waals surface area contributed by atoms with E-state index >= 15 is 0 Å². The van der Waals surface area contributed by atoms with E-state index in [-0.39, 0.29) is 18.7 Å². The van der Waals surface area contributed by atoms with Gasteiger partial charge in [-0.25, -0.2) is 4.68 Å². The zero-order valence-electron chi connectivity index (χ0n) is 20.0. The molecular weight excluding hydrogens is 492 g/mol. The Labute approximate surface area is 218 Å². The van der Waals surface area contributed by atoms with E-state index < -0.39 is 0 Å². The Balaban J connectivity index is 1.33. The molecule has 4 aromatic rings. The van der Waals surface area contributed by atoms with Crippen molar-refractivity contribution in [1.29, 1.82) is 0 Å². The van der Waals surface area contributed by atoms with E-state index in [1.54, 1.807) is 18.2 Å². The van der Waals surface area contributed by atoms with E-state index in [1.807, 2.05) is 35.2 Å². The predicted octanol–water partition coefficient (Wildman–Crippen LogP) is 2.07. The molecule has 1 aliphatic rings. The molecule has 0 spiro atoms. The Bertz CT molecular complexity index is 1460. The Hall–Kier alpha value is -4.00. The minimum absolute atomic E-state index is 0.154. The predicted molar refractivity (Wildman–Crippen MR) is 142 cm³/mol. The second kappa shape index (κ2) is 10.9. The summed E-state index contributed by atoms with van der Waals surface area (Å²) in [6.45, 7) is 4.26. The summed E-state index contributed by atoms with van der Waals surface area (Å²) in [6.07, 6.45) is 0. The fourth-order valence-electron chi connectivity index (χ4n) is 4.26. The van der Waals surface area contributed by atoms with E-state index in [4.69, 9.17) is 27.8 Å². The van der Waals surface area contributed by atoms with Crippen LogP contribution in [0.15, 0.2) is 68.3 Å². The first kappa shape index (κ1) is 24.7. The third kappa shape index (κ3) is 5.56. The molecule has 0 unspecified atom stereocenters. The van der Waals surface area contributed by atoms with Gasteiger partial charge in [0, 0.05) is 62.3 Å². The van der Waals surface area contributed by atoms with E-state index in [9.17, 15) is 4.79 Å². The van der Waals surface area contributed by atoms with Crippen molar-refractivity contribution in [2.24, 2.45) is 4.36 Å². The largest absolute Gasteiger partial charge is 0.397 e. The molecule has 2 aromatic carbocycles. The van der Waals surface area contributed by atoms with Crippen molar-refractivity contribution in [2.45, 2.75) is 6.54 Å². The number of aliphatic hydroxyl groups is 1. The maximum absolute atomic E-state index is 12.6. The van der Waals surface area contributed by atoms with Gasteiger partial charge >= 0.3 is 6.01 Å². The zero-order chi connectivity index (χ0) is 25.8. The van der Waals surface area contributed by atoms with Crippen LogP contribution in [0.3, 0.4) is 0 Å². The van der Waals surface area contributed by atoms with Gasteiger partial charge in [-0.2, -0.15) is 14.4 Å². The third-order valence-electron chi connectivity index (χ3n) is 6.28. The first-order chi connectivity index (χ1) is 18.0. The molecule has 3 N–H and O–H groups in total. The summed E-state index contributed by atoms with van der Waals surface area (Å²) in [7, 11) is 0. The molecular formula is C25H26N8O3S. The number of hydrogen-bond acceptors (Lipinski definition) is 11. The van der Waals surface area contributed by atoms with Gasteiger partial charge in [0.25, 0.3) is 5.56 Å². The molecule has 0 radical (unpaired) electrons. The van der Waals surface area contributed by atoms with Gasteiger partial charge in [0.1, 0.15) is 0 Å². The lowest BCUT2D eigenvalue weighted by molar-refractivity contribution is 0.186. The number of benzene rings is 2. The van der Waals surface area contributed by atoms with Crippen LogP contribution in [0, 0.1) is 0 Å². The summed E-state index contributed by atoms with van der Waals surface area (Å²) in [5.74, 6) is 0.478. The summed E-state index contributed by atoms with van der Waals surface area (Å²) >= 11 is 4.73. The lowest BCUT2D eigenvalue weighted by Crippen LogP contribution is -2.47. The molecule has 5 rings (SSSR count). The van der Waals surface area contributed by atoms with E-state index in [1.165, 1.54) is 10.7 Å². The van der Waals surface area contributed by atoms with Crippen LogP contribution < -0.4 is 16.2 Å². The molecule has 0 atom stereocenters. The fourth-order valence-corrected chi connectivity index (χ4v) is 4.43. The number of nitrogens with two attached hydrogens (primary N) is 1. The van der Waals surface area contributed by atoms with Crippen LogP contribution in [0.5, 0.6) is 0 Å². The summed E-state index contributed by atoms with van der Waals surface area (Å²) in [6, 6.07) is 16.5. The molecule has 1 saturated heterocycles. The number of rotatable bonds is 8. The molecule has 0 amide bonds. The summed E-state index contributed by atoms with van der Waals surface area (Å²) in [5.41, 5.74) is 9.79. The van der Waals surface area contributed by atoms with Crippen LogP contribution in [0.2, 0.25) is 0 Å². The number of aromatic nitrogens is 4. The maximum Gasteiger partial charge on any atom is 0.324 e. The molecule has 37 heavy (non-hydrogen) atoms. The van der Waals surface area contributed by atoms with Gasteiger partial charge in [0.15, 0.2) is 0 Å². The first-order valence-electron chi connectivity index (χ1n) is 11.9. The molecule has 0 aliphatic carbocycles. The number of aliphatic hydroxyl groups excluding tert-OH is 1. The molecule has 11 nitrogen and oxygen atoms in total. The maximum atomic E-state index is 12.6. The molecule has 2 aromatic heterocycles. The number of β-amino-alcohol motifs (C(OH)–C–C–N with tert-alkyl or cyclic N) is 1. The number of anilines is 2. The van der Waals surface area contributed by atoms with E-state index in [0.717, 1.165) is 42.9 Å². The highest BCUT2D eigenvalue weighted by molar-refractivity contribution is 7.47. The van der Waals surface area contributed by atoms with Crippen LogP contribution >= 0.6 is 0 Å². The molecule has 1 aliphatic heterocycles. The van der Waals surface area contributed by atoms with Crippen LogP contribution in [-0.2, 0) is 19.0 Å². The Morgan fingerprint density at radius 2 is 1.89 bits per heavy atom. The van der Waals surface area contributed by atoms with Crippen molar-refractivity contribution in [3.63, 3.8) is 0 Å². The topological polar surface area (TPSA) is 139 Å². The minimum Gasteiger partial charge on any atom is -0.397 e. The first-order valence-corrected chi connectivity index (χ1v) is 12.2. The van der Waals surface area contributed by atoms with Gasteiger partial charge in [0.2, 0.25) is 5.82 Å². The average Bonchev–Trinajstić information content (AvgIpc) is 3.41. The molecule has 3 heterocycles. The highest BCUT2D eigenvalue weighted by atomic mass is 32.1. The Kier molecular flexibility index (Phi) is 7.30. The molecule has 1 fully saturated rings. The monoisotopic (exact) mass is 518 g/mol. The van der Waals surface area contributed by atoms with E-state index in [2.05, 4.69) is 24.5 Å². The summed E-state index contributed by atoms with van der Waals surface area (Å²) < 4.78 is 10.7. The van der Waals surface area contributed by atoms with Gasteiger partial charge in [-0.05, 0) is 29.8 Å². The minimum atomic E-state index is -0.221. The summed E-state index contributed by atoms with van der Waals surface area (Å²) in [4.78, 5) is 21.4. The quantitative estimate of drug-likeness (QED) is 0.333. The number of nitrogen functional groups attached to an aromatic ring is 1. The zero-order valence-corrected chi connectivity index (χ0v) is 20.8. The Morgan fingerprint density at radius 1 is 1.05 bits per heavy atom. The van der Waals surface area contributed by atoms with E-state index in [0.29, 0.717) is 35.5 Å². The van der Waals surface area contributed by atoms with Gasteiger partial charge < -0.3 is 20.3 Å². The fraction of sp³-hybridized carbons (Fsp3) is 0.280. The molecule has 190 valence electrons. The van der Waals surface area contributed by atoms with Crippen molar-refractivity contribution >= 4 is 29.8 Å². The molecule has 12 heteroatoms. The number of piperazine rings is 1. The Morgan fingerprint density at radius 3 is 2.65 bits per heavy atom. The lowest BCUT2D eigenvalue weighted by atomic mass is 10.1. The van der Waals surface area contributed by atoms with Gasteiger partial charge in [-0.3, -0.25) is 9.69 Å². The van der Waals surface area contributed by atoms with Gasteiger partial charge in [-0.15, -0.1) is 0 Å². The van der Waals surface area contributed by atoms with Crippen molar-refractivity contribution in [2.75, 3.05) is 50.0 Å². The average molecular weight is 519 g/mol. The van der Waals surface area contributed by atoms with Crippen molar-refractivity contribution in [1.82, 2.24) is 24.8 Å².